The lowest BCUT2D eigenvalue weighted by Gasteiger charge is -2.33. The number of amides is 1. The van der Waals surface area contributed by atoms with Crippen LogP contribution < -0.4 is 4.74 Å². The molecule has 0 radical (unpaired) electrons. The van der Waals surface area contributed by atoms with Gasteiger partial charge in [-0.05, 0) is 25.2 Å². The van der Waals surface area contributed by atoms with Gasteiger partial charge in [-0.25, -0.2) is 4.98 Å². The van der Waals surface area contributed by atoms with Gasteiger partial charge in [-0.1, -0.05) is 32.1 Å². The lowest BCUT2D eigenvalue weighted by atomic mass is 9.86. The molecular weight excluding hydrogens is 290 g/mol. The second kappa shape index (κ2) is 8.27. The average molecular weight is 317 g/mol. The lowest BCUT2D eigenvalue weighted by Crippen LogP contribution is -2.44. The minimum Gasteiger partial charge on any atom is -0.471 e. The fourth-order valence-corrected chi connectivity index (χ4v) is 3.74. The Labute approximate surface area is 138 Å². The summed E-state index contributed by atoms with van der Waals surface area (Å²) in [7, 11) is 0. The number of piperidine rings is 1. The molecule has 2 fully saturated rings. The summed E-state index contributed by atoms with van der Waals surface area (Å²) in [6, 6.07) is 0. The Bertz CT molecular complexity index is 488. The van der Waals surface area contributed by atoms with E-state index in [0.717, 1.165) is 31.7 Å². The van der Waals surface area contributed by atoms with E-state index in [9.17, 15) is 4.79 Å². The Morgan fingerprint density at radius 1 is 1.17 bits per heavy atom. The van der Waals surface area contributed by atoms with Gasteiger partial charge in [0.2, 0.25) is 11.8 Å². The first-order valence-electron chi connectivity index (χ1n) is 9.02. The van der Waals surface area contributed by atoms with Crippen LogP contribution in [0.5, 0.6) is 5.88 Å². The number of rotatable bonds is 5. The molecule has 1 atom stereocenters. The molecule has 0 aromatic carbocycles. The fourth-order valence-electron chi connectivity index (χ4n) is 3.74. The lowest BCUT2D eigenvalue weighted by molar-refractivity contribution is -0.134. The Kier molecular flexibility index (Phi) is 5.83. The topological polar surface area (TPSA) is 55.3 Å². The number of likely N-dealkylation sites (tertiary alicyclic amines) is 1. The first-order chi connectivity index (χ1) is 11.3. The first kappa shape index (κ1) is 16.2. The van der Waals surface area contributed by atoms with E-state index in [1.807, 2.05) is 4.90 Å². The summed E-state index contributed by atoms with van der Waals surface area (Å²) in [6.07, 6.45) is 15.3. The van der Waals surface area contributed by atoms with Gasteiger partial charge < -0.3 is 9.64 Å². The summed E-state index contributed by atoms with van der Waals surface area (Å²) in [4.78, 5) is 22.6. The van der Waals surface area contributed by atoms with E-state index in [2.05, 4.69) is 9.97 Å². The highest BCUT2D eigenvalue weighted by molar-refractivity contribution is 5.76. The zero-order valence-corrected chi connectivity index (χ0v) is 13.8. The number of hydrogen-bond donors (Lipinski definition) is 0. The van der Waals surface area contributed by atoms with E-state index in [1.54, 1.807) is 18.6 Å². The van der Waals surface area contributed by atoms with E-state index >= 15 is 0 Å². The van der Waals surface area contributed by atoms with Gasteiger partial charge >= 0.3 is 0 Å². The summed E-state index contributed by atoms with van der Waals surface area (Å²) in [5.41, 5.74) is 0. The van der Waals surface area contributed by atoms with Crippen LogP contribution in [0.2, 0.25) is 0 Å². The predicted molar refractivity (Wildman–Crippen MR) is 88.1 cm³/mol. The second-order valence-corrected chi connectivity index (χ2v) is 6.81. The minimum absolute atomic E-state index is 0.0408. The highest BCUT2D eigenvalue weighted by Gasteiger charge is 2.25. The molecule has 1 aliphatic carbocycles. The highest BCUT2D eigenvalue weighted by atomic mass is 16.5. The molecule has 1 unspecified atom stereocenters. The van der Waals surface area contributed by atoms with Gasteiger partial charge in [0.25, 0.3) is 0 Å². The van der Waals surface area contributed by atoms with Crippen molar-refractivity contribution in [2.45, 2.75) is 63.9 Å². The fraction of sp³-hybridized carbons (Fsp3) is 0.722. The van der Waals surface area contributed by atoms with Crippen LogP contribution in [0.15, 0.2) is 18.6 Å². The molecule has 2 aliphatic rings. The molecule has 1 saturated heterocycles. The van der Waals surface area contributed by atoms with Crippen molar-refractivity contribution in [3.05, 3.63) is 18.6 Å². The molecule has 2 heterocycles. The molecule has 1 saturated carbocycles. The molecule has 1 aromatic rings. The molecule has 5 heteroatoms. The Hall–Kier alpha value is -1.65. The monoisotopic (exact) mass is 317 g/mol. The van der Waals surface area contributed by atoms with Crippen molar-refractivity contribution in [2.24, 2.45) is 5.92 Å². The van der Waals surface area contributed by atoms with Gasteiger partial charge in [-0.3, -0.25) is 9.78 Å². The molecule has 1 amide bonds. The summed E-state index contributed by atoms with van der Waals surface area (Å²) >= 11 is 0. The number of carbonyl (C=O) groups is 1. The summed E-state index contributed by atoms with van der Waals surface area (Å²) in [6.45, 7) is 1.55. The van der Waals surface area contributed by atoms with Gasteiger partial charge in [0.1, 0.15) is 6.10 Å². The maximum atomic E-state index is 12.5. The zero-order valence-electron chi connectivity index (χ0n) is 13.8. The SMILES string of the molecule is O=C(CCC1CCCCC1)N1CCCC(Oc2cnccn2)C1. The summed E-state index contributed by atoms with van der Waals surface area (Å²) < 4.78 is 5.86. The van der Waals surface area contributed by atoms with Crippen molar-refractivity contribution in [1.82, 2.24) is 14.9 Å². The van der Waals surface area contributed by atoms with Crippen LogP contribution >= 0.6 is 0 Å². The Morgan fingerprint density at radius 2 is 2.04 bits per heavy atom. The molecular formula is C18H27N3O2. The molecule has 126 valence electrons. The van der Waals surface area contributed by atoms with Crippen LogP contribution in [0.3, 0.4) is 0 Å². The van der Waals surface area contributed by atoms with Gasteiger partial charge in [0.15, 0.2) is 0 Å². The second-order valence-electron chi connectivity index (χ2n) is 6.81. The van der Waals surface area contributed by atoms with Crippen LogP contribution in [0, 0.1) is 5.92 Å². The van der Waals surface area contributed by atoms with Crippen molar-refractivity contribution in [3.63, 3.8) is 0 Å². The molecule has 3 rings (SSSR count). The standard InChI is InChI=1S/C18H27N3O2/c22-18(9-8-15-5-2-1-3-6-15)21-12-4-7-16(14-21)23-17-13-19-10-11-20-17/h10-11,13,15-16H,1-9,12,14H2. The molecule has 23 heavy (non-hydrogen) atoms. The average Bonchev–Trinajstić information content (AvgIpc) is 2.62. The van der Waals surface area contributed by atoms with Crippen LogP contribution in [-0.2, 0) is 4.79 Å². The zero-order chi connectivity index (χ0) is 15.9. The van der Waals surface area contributed by atoms with Gasteiger partial charge in [-0.2, -0.15) is 0 Å². The number of carbonyl (C=O) groups excluding carboxylic acids is 1. The third-order valence-corrected chi connectivity index (χ3v) is 5.05. The van der Waals surface area contributed by atoms with Gasteiger partial charge in [0, 0.05) is 25.4 Å². The molecule has 5 nitrogen and oxygen atoms in total. The molecule has 1 aromatic heterocycles. The third kappa shape index (κ3) is 4.91. The minimum atomic E-state index is 0.0408. The van der Waals surface area contributed by atoms with Crippen molar-refractivity contribution >= 4 is 5.91 Å². The van der Waals surface area contributed by atoms with E-state index < -0.39 is 0 Å². The smallest absolute Gasteiger partial charge is 0.232 e. The van der Waals surface area contributed by atoms with Crippen molar-refractivity contribution in [3.8, 4) is 5.88 Å². The van der Waals surface area contributed by atoms with Crippen molar-refractivity contribution in [2.75, 3.05) is 13.1 Å². The normalized spacial score (nSPS) is 22.8. The number of ether oxygens (including phenoxy) is 1. The maximum Gasteiger partial charge on any atom is 0.232 e. The van der Waals surface area contributed by atoms with Gasteiger partial charge in [-0.15, -0.1) is 0 Å². The van der Waals surface area contributed by atoms with Crippen molar-refractivity contribution < 1.29 is 9.53 Å². The summed E-state index contributed by atoms with van der Waals surface area (Å²) in [5, 5.41) is 0. The quantitative estimate of drug-likeness (QED) is 0.837. The van der Waals surface area contributed by atoms with E-state index in [1.165, 1.54) is 32.1 Å². The van der Waals surface area contributed by atoms with Crippen LogP contribution in [0.4, 0.5) is 0 Å². The largest absolute Gasteiger partial charge is 0.471 e. The molecule has 0 N–H and O–H groups in total. The molecule has 1 aliphatic heterocycles. The molecule has 0 bridgehead atoms. The molecule has 0 spiro atoms. The van der Waals surface area contributed by atoms with Crippen LogP contribution in [0.25, 0.3) is 0 Å². The number of aromatic nitrogens is 2. The predicted octanol–water partition coefficient (Wildman–Crippen LogP) is 3.21. The van der Waals surface area contributed by atoms with E-state index in [4.69, 9.17) is 4.74 Å². The van der Waals surface area contributed by atoms with E-state index in [-0.39, 0.29) is 6.10 Å². The Morgan fingerprint density at radius 3 is 2.83 bits per heavy atom. The summed E-state index contributed by atoms with van der Waals surface area (Å²) in [5.74, 6) is 1.61. The number of nitrogens with zero attached hydrogens (tertiary/aromatic N) is 3. The van der Waals surface area contributed by atoms with Crippen molar-refractivity contribution in [1.29, 1.82) is 0 Å². The maximum absolute atomic E-state index is 12.5. The van der Waals surface area contributed by atoms with Gasteiger partial charge in [0.05, 0.1) is 12.7 Å². The third-order valence-electron chi connectivity index (χ3n) is 5.05. The van der Waals surface area contributed by atoms with E-state index in [0.29, 0.717) is 24.8 Å². The van der Waals surface area contributed by atoms with Crippen LogP contribution in [0.1, 0.15) is 57.8 Å². The number of hydrogen-bond acceptors (Lipinski definition) is 4. The highest BCUT2D eigenvalue weighted by Crippen LogP contribution is 2.27. The Balaban J connectivity index is 1.44. The first-order valence-corrected chi connectivity index (χ1v) is 9.02. The van der Waals surface area contributed by atoms with Crippen LogP contribution in [-0.4, -0.2) is 40.0 Å².